The first-order valence-corrected chi connectivity index (χ1v) is 10.1. The Morgan fingerprint density at radius 1 is 1.18 bits per heavy atom. The van der Waals surface area contributed by atoms with Crippen molar-refractivity contribution >= 4 is 17.5 Å². The molecule has 0 aromatic heterocycles. The van der Waals surface area contributed by atoms with Crippen molar-refractivity contribution in [3.8, 4) is 5.75 Å². The predicted octanol–water partition coefficient (Wildman–Crippen LogP) is 5.48. The quantitative estimate of drug-likeness (QED) is 0.713. The summed E-state index contributed by atoms with van der Waals surface area (Å²) in [6.45, 7) is 7.82. The SMILES string of the molecule is Cc1ccc(O)c([C@H]2C[C@](C)(NC(=O)C(C)C)C[C@@H](c3ccc(Cl)cc3)O2)c1. The zero-order valence-corrected chi connectivity index (χ0v) is 17.6. The third-order valence-electron chi connectivity index (χ3n) is 5.32. The molecule has 4 nitrogen and oxygen atoms in total. The first-order chi connectivity index (χ1) is 13.2. The Bertz CT molecular complexity index is 849. The van der Waals surface area contributed by atoms with Crippen LogP contribution in [0.2, 0.25) is 5.02 Å². The van der Waals surface area contributed by atoms with Crippen molar-refractivity contribution in [2.45, 2.75) is 58.3 Å². The number of carbonyl (C=O) groups excluding carboxylic acids is 1. The topological polar surface area (TPSA) is 58.6 Å². The third kappa shape index (κ3) is 4.68. The van der Waals surface area contributed by atoms with Crippen LogP contribution in [0.3, 0.4) is 0 Å². The van der Waals surface area contributed by atoms with E-state index in [1.165, 1.54) is 0 Å². The average Bonchev–Trinajstić information content (AvgIpc) is 2.63. The number of carbonyl (C=O) groups is 1. The molecule has 2 aromatic carbocycles. The molecule has 1 amide bonds. The van der Waals surface area contributed by atoms with Crippen molar-refractivity contribution in [1.82, 2.24) is 5.32 Å². The number of aryl methyl sites for hydroxylation is 1. The van der Waals surface area contributed by atoms with Gasteiger partial charge in [-0.2, -0.15) is 0 Å². The van der Waals surface area contributed by atoms with Gasteiger partial charge in [0.05, 0.1) is 12.2 Å². The van der Waals surface area contributed by atoms with Crippen LogP contribution in [0.15, 0.2) is 42.5 Å². The Balaban J connectivity index is 1.96. The maximum absolute atomic E-state index is 12.4. The van der Waals surface area contributed by atoms with Crippen LogP contribution in [-0.4, -0.2) is 16.6 Å². The molecule has 1 fully saturated rings. The predicted molar refractivity (Wildman–Crippen MR) is 111 cm³/mol. The lowest BCUT2D eigenvalue weighted by Gasteiger charge is -2.43. The van der Waals surface area contributed by atoms with Gasteiger partial charge in [0.15, 0.2) is 0 Å². The van der Waals surface area contributed by atoms with E-state index in [2.05, 4.69) is 12.2 Å². The smallest absolute Gasteiger partial charge is 0.222 e. The molecule has 1 aliphatic heterocycles. The number of halogens is 1. The van der Waals surface area contributed by atoms with Gasteiger partial charge >= 0.3 is 0 Å². The maximum atomic E-state index is 12.4. The van der Waals surface area contributed by atoms with Crippen LogP contribution >= 0.6 is 11.6 Å². The number of benzene rings is 2. The third-order valence-corrected chi connectivity index (χ3v) is 5.57. The Morgan fingerprint density at radius 2 is 1.82 bits per heavy atom. The summed E-state index contributed by atoms with van der Waals surface area (Å²) in [6.07, 6.45) is 0.697. The lowest BCUT2D eigenvalue weighted by atomic mass is 9.80. The fourth-order valence-corrected chi connectivity index (χ4v) is 3.85. The largest absolute Gasteiger partial charge is 0.508 e. The average molecular weight is 402 g/mol. The van der Waals surface area contributed by atoms with Gasteiger partial charge in [-0.1, -0.05) is 49.2 Å². The van der Waals surface area contributed by atoms with E-state index < -0.39 is 5.54 Å². The second-order valence-corrected chi connectivity index (χ2v) is 8.78. The van der Waals surface area contributed by atoms with Gasteiger partial charge in [-0.25, -0.2) is 0 Å². The highest BCUT2D eigenvalue weighted by Gasteiger charge is 2.41. The summed E-state index contributed by atoms with van der Waals surface area (Å²) in [5, 5.41) is 14.3. The summed E-state index contributed by atoms with van der Waals surface area (Å²) in [6, 6.07) is 13.1. The van der Waals surface area contributed by atoms with Gasteiger partial charge < -0.3 is 15.2 Å². The second kappa shape index (κ2) is 8.14. The van der Waals surface area contributed by atoms with Gasteiger partial charge in [0, 0.05) is 34.9 Å². The van der Waals surface area contributed by atoms with Gasteiger partial charge in [-0.05, 0) is 43.7 Å². The highest BCUT2D eigenvalue weighted by atomic mass is 35.5. The van der Waals surface area contributed by atoms with Gasteiger partial charge in [0.25, 0.3) is 0 Å². The highest BCUT2D eigenvalue weighted by Crippen LogP contribution is 2.45. The Hall–Kier alpha value is -2.04. The van der Waals surface area contributed by atoms with Crippen LogP contribution in [-0.2, 0) is 9.53 Å². The molecule has 0 aliphatic carbocycles. The minimum absolute atomic E-state index is 0.0199. The zero-order valence-electron chi connectivity index (χ0n) is 16.8. The molecule has 5 heteroatoms. The number of hydrogen-bond acceptors (Lipinski definition) is 3. The minimum atomic E-state index is -0.454. The Morgan fingerprint density at radius 3 is 2.46 bits per heavy atom. The number of phenolic OH excluding ortho intramolecular Hbond substituents is 1. The molecule has 3 atom stereocenters. The van der Waals surface area contributed by atoms with Crippen molar-refractivity contribution in [2.24, 2.45) is 5.92 Å². The summed E-state index contributed by atoms with van der Waals surface area (Å²) in [4.78, 5) is 12.4. The van der Waals surface area contributed by atoms with Crippen molar-refractivity contribution in [1.29, 1.82) is 0 Å². The van der Waals surface area contributed by atoms with E-state index in [9.17, 15) is 9.90 Å². The van der Waals surface area contributed by atoms with E-state index in [4.69, 9.17) is 16.3 Å². The molecule has 150 valence electrons. The van der Waals surface area contributed by atoms with Crippen molar-refractivity contribution in [3.63, 3.8) is 0 Å². The van der Waals surface area contributed by atoms with Gasteiger partial charge in [0.2, 0.25) is 5.91 Å². The van der Waals surface area contributed by atoms with Crippen molar-refractivity contribution in [3.05, 3.63) is 64.2 Å². The van der Waals surface area contributed by atoms with Crippen molar-refractivity contribution < 1.29 is 14.6 Å². The monoisotopic (exact) mass is 401 g/mol. The van der Waals surface area contributed by atoms with Crippen LogP contribution in [0.25, 0.3) is 0 Å². The van der Waals surface area contributed by atoms with E-state index in [1.54, 1.807) is 6.07 Å². The molecule has 2 aromatic rings. The first kappa shape index (κ1) is 20.7. The molecule has 1 heterocycles. The highest BCUT2D eigenvalue weighted by molar-refractivity contribution is 6.30. The number of aromatic hydroxyl groups is 1. The van der Waals surface area contributed by atoms with Gasteiger partial charge in [-0.3, -0.25) is 4.79 Å². The second-order valence-electron chi connectivity index (χ2n) is 8.34. The van der Waals surface area contributed by atoms with Crippen molar-refractivity contribution in [2.75, 3.05) is 0 Å². The first-order valence-electron chi connectivity index (χ1n) is 9.69. The van der Waals surface area contributed by atoms with Crippen LogP contribution in [0.5, 0.6) is 5.75 Å². The van der Waals surface area contributed by atoms with E-state index in [1.807, 2.05) is 57.2 Å². The summed E-state index contributed by atoms with van der Waals surface area (Å²) in [5.74, 6) is 0.135. The number of rotatable bonds is 4. The fourth-order valence-electron chi connectivity index (χ4n) is 3.73. The summed E-state index contributed by atoms with van der Waals surface area (Å²) in [5.41, 5.74) is 2.36. The van der Waals surface area contributed by atoms with E-state index >= 15 is 0 Å². The lowest BCUT2D eigenvalue weighted by Crippen LogP contribution is -2.52. The Labute approximate surface area is 171 Å². The van der Waals surface area contributed by atoms with E-state index in [0.29, 0.717) is 17.9 Å². The minimum Gasteiger partial charge on any atom is -0.508 e. The number of amides is 1. The van der Waals surface area contributed by atoms with E-state index in [0.717, 1.165) is 16.7 Å². The molecule has 3 rings (SSSR count). The van der Waals surface area contributed by atoms with Crippen LogP contribution in [0.4, 0.5) is 0 Å². The maximum Gasteiger partial charge on any atom is 0.222 e. The molecule has 0 saturated carbocycles. The molecule has 0 spiro atoms. The normalized spacial score (nSPS) is 24.9. The molecule has 1 aliphatic rings. The summed E-state index contributed by atoms with van der Waals surface area (Å²) < 4.78 is 6.42. The summed E-state index contributed by atoms with van der Waals surface area (Å²) in [7, 11) is 0. The van der Waals surface area contributed by atoms with Gasteiger partial charge in [-0.15, -0.1) is 0 Å². The molecular formula is C23H28ClNO3. The molecule has 0 radical (unpaired) electrons. The van der Waals surface area contributed by atoms with Crippen LogP contribution in [0, 0.1) is 12.8 Å². The number of nitrogens with one attached hydrogen (secondary N) is 1. The molecule has 0 bridgehead atoms. The van der Waals surface area contributed by atoms with Crippen LogP contribution < -0.4 is 5.32 Å². The zero-order chi connectivity index (χ0) is 20.5. The summed E-state index contributed by atoms with van der Waals surface area (Å²) >= 11 is 6.04. The Kier molecular flexibility index (Phi) is 6.01. The number of hydrogen-bond donors (Lipinski definition) is 2. The molecular weight excluding hydrogens is 374 g/mol. The lowest BCUT2D eigenvalue weighted by molar-refractivity contribution is -0.131. The molecule has 2 N–H and O–H groups in total. The number of phenols is 1. The molecule has 0 unspecified atom stereocenters. The van der Waals surface area contributed by atoms with E-state index in [-0.39, 0.29) is 29.8 Å². The fraction of sp³-hybridized carbons (Fsp3) is 0.435. The molecule has 28 heavy (non-hydrogen) atoms. The van der Waals surface area contributed by atoms with Gasteiger partial charge in [0.1, 0.15) is 5.75 Å². The number of ether oxygens (including phenoxy) is 1. The molecule has 1 saturated heterocycles. The van der Waals surface area contributed by atoms with Crippen LogP contribution in [0.1, 0.15) is 62.5 Å². The standard InChI is InChI=1S/C23H28ClNO3/c1-14(2)22(27)25-23(4)12-20(16-6-8-17(24)9-7-16)28-21(13-23)18-11-15(3)5-10-19(18)26/h5-11,14,20-21,26H,12-13H2,1-4H3,(H,25,27)/t20-,21+,23+/m0/s1.